The minimum Gasteiger partial charge on any atom is -0.395 e. The first-order chi connectivity index (χ1) is 9.67. The van der Waals surface area contributed by atoms with Crippen LogP contribution in [0, 0.1) is 5.92 Å². The maximum absolute atomic E-state index is 12.4. The van der Waals surface area contributed by atoms with Gasteiger partial charge in [-0.1, -0.05) is 12.8 Å². The second-order valence-corrected chi connectivity index (χ2v) is 5.66. The van der Waals surface area contributed by atoms with Gasteiger partial charge in [-0.2, -0.15) is 0 Å². The molecule has 1 aliphatic heterocycles. The van der Waals surface area contributed by atoms with Gasteiger partial charge in [0.2, 0.25) is 11.8 Å². The second-order valence-electron chi connectivity index (χ2n) is 5.66. The van der Waals surface area contributed by atoms with Crippen molar-refractivity contribution in [2.45, 2.75) is 38.1 Å². The standard InChI is InChI=1S/C14H24N2O4/c17-7-5-15(6-8-18)14(20)11-9-13(19)16(10-11)12-3-1-2-4-12/h11-12,17-18H,1-10H2. The molecule has 0 radical (unpaired) electrons. The van der Waals surface area contributed by atoms with E-state index in [1.807, 2.05) is 4.90 Å². The summed E-state index contributed by atoms with van der Waals surface area (Å²) in [4.78, 5) is 27.7. The summed E-state index contributed by atoms with van der Waals surface area (Å²) in [5.41, 5.74) is 0. The van der Waals surface area contributed by atoms with Crippen LogP contribution in [0.1, 0.15) is 32.1 Å². The molecule has 114 valence electrons. The van der Waals surface area contributed by atoms with Crippen LogP contribution in [0.2, 0.25) is 0 Å². The lowest BCUT2D eigenvalue weighted by Crippen LogP contribution is -2.41. The Labute approximate surface area is 119 Å². The Bertz CT molecular complexity index is 349. The third kappa shape index (κ3) is 3.30. The fourth-order valence-corrected chi connectivity index (χ4v) is 3.30. The Hall–Kier alpha value is -1.14. The molecule has 2 amide bonds. The van der Waals surface area contributed by atoms with Gasteiger partial charge in [0.25, 0.3) is 0 Å². The third-order valence-electron chi connectivity index (χ3n) is 4.32. The van der Waals surface area contributed by atoms with E-state index >= 15 is 0 Å². The molecule has 0 aromatic heterocycles. The molecule has 6 nitrogen and oxygen atoms in total. The zero-order valence-electron chi connectivity index (χ0n) is 11.8. The Kier molecular flexibility index (Phi) is 5.37. The molecule has 1 aliphatic carbocycles. The SMILES string of the molecule is O=C(C1CC(=O)N(C2CCCC2)C1)N(CCO)CCO. The smallest absolute Gasteiger partial charge is 0.228 e. The van der Waals surface area contributed by atoms with Gasteiger partial charge in [0.1, 0.15) is 0 Å². The fourth-order valence-electron chi connectivity index (χ4n) is 3.30. The van der Waals surface area contributed by atoms with E-state index in [0.29, 0.717) is 12.6 Å². The van der Waals surface area contributed by atoms with Crippen molar-refractivity contribution in [3.05, 3.63) is 0 Å². The van der Waals surface area contributed by atoms with E-state index in [4.69, 9.17) is 10.2 Å². The molecular formula is C14H24N2O4. The molecule has 1 heterocycles. The summed E-state index contributed by atoms with van der Waals surface area (Å²) in [6.45, 7) is 0.675. The normalized spacial score (nSPS) is 23.6. The molecular weight excluding hydrogens is 260 g/mol. The molecule has 1 atom stereocenters. The molecule has 20 heavy (non-hydrogen) atoms. The van der Waals surface area contributed by atoms with Crippen molar-refractivity contribution in [2.75, 3.05) is 32.8 Å². The van der Waals surface area contributed by atoms with Gasteiger partial charge in [-0.05, 0) is 12.8 Å². The van der Waals surface area contributed by atoms with Gasteiger partial charge in [0.05, 0.1) is 19.1 Å². The molecule has 0 bridgehead atoms. The van der Waals surface area contributed by atoms with Crippen LogP contribution >= 0.6 is 0 Å². The summed E-state index contributed by atoms with van der Waals surface area (Å²) < 4.78 is 0. The number of rotatable bonds is 6. The molecule has 0 aromatic rings. The van der Waals surface area contributed by atoms with Gasteiger partial charge in [-0.25, -0.2) is 0 Å². The number of aliphatic hydroxyl groups excluding tert-OH is 2. The first kappa shape index (κ1) is 15.3. The quantitative estimate of drug-likeness (QED) is 0.695. The predicted molar refractivity (Wildman–Crippen MR) is 72.8 cm³/mol. The van der Waals surface area contributed by atoms with E-state index in [9.17, 15) is 9.59 Å². The van der Waals surface area contributed by atoms with Crippen LogP contribution in [0.15, 0.2) is 0 Å². The first-order valence-electron chi connectivity index (χ1n) is 7.47. The van der Waals surface area contributed by atoms with Gasteiger partial charge >= 0.3 is 0 Å². The zero-order chi connectivity index (χ0) is 14.5. The summed E-state index contributed by atoms with van der Waals surface area (Å²) in [5.74, 6) is -0.369. The number of hydrogen-bond donors (Lipinski definition) is 2. The van der Waals surface area contributed by atoms with E-state index in [-0.39, 0.29) is 50.5 Å². The van der Waals surface area contributed by atoms with E-state index in [1.165, 1.54) is 4.90 Å². The number of amides is 2. The highest BCUT2D eigenvalue weighted by atomic mass is 16.3. The van der Waals surface area contributed by atoms with Crippen molar-refractivity contribution in [1.29, 1.82) is 0 Å². The molecule has 2 aliphatic rings. The lowest BCUT2D eigenvalue weighted by atomic mass is 10.1. The van der Waals surface area contributed by atoms with Crippen molar-refractivity contribution >= 4 is 11.8 Å². The highest BCUT2D eigenvalue weighted by Gasteiger charge is 2.39. The van der Waals surface area contributed by atoms with Gasteiger partial charge in [0.15, 0.2) is 0 Å². The van der Waals surface area contributed by atoms with E-state index < -0.39 is 0 Å². The van der Waals surface area contributed by atoms with Gasteiger partial charge in [0, 0.05) is 32.1 Å². The summed E-state index contributed by atoms with van der Waals surface area (Å²) >= 11 is 0. The molecule has 6 heteroatoms. The van der Waals surface area contributed by atoms with Crippen LogP contribution in [0.3, 0.4) is 0 Å². The molecule has 1 unspecified atom stereocenters. The van der Waals surface area contributed by atoms with E-state index in [0.717, 1.165) is 25.7 Å². The van der Waals surface area contributed by atoms with Crippen molar-refractivity contribution < 1.29 is 19.8 Å². The molecule has 1 saturated carbocycles. The van der Waals surface area contributed by atoms with Crippen molar-refractivity contribution in [3.63, 3.8) is 0 Å². The number of nitrogens with zero attached hydrogens (tertiary/aromatic N) is 2. The monoisotopic (exact) mass is 284 g/mol. The zero-order valence-corrected chi connectivity index (χ0v) is 11.8. The molecule has 2 fully saturated rings. The van der Waals surface area contributed by atoms with Crippen LogP contribution in [0.25, 0.3) is 0 Å². The highest BCUT2D eigenvalue weighted by molar-refractivity contribution is 5.89. The van der Waals surface area contributed by atoms with Crippen LogP contribution in [-0.4, -0.2) is 70.7 Å². The van der Waals surface area contributed by atoms with Crippen molar-refractivity contribution in [1.82, 2.24) is 9.80 Å². The van der Waals surface area contributed by atoms with Crippen molar-refractivity contribution in [2.24, 2.45) is 5.92 Å². The molecule has 1 saturated heterocycles. The lowest BCUT2D eigenvalue weighted by molar-refractivity contribution is -0.136. The van der Waals surface area contributed by atoms with Gasteiger partial charge in [-0.15, -0.1) is 0 Å². The largest absolute Gasteiger partial charge is 0.395 e. The number of carbonyl (C=O) groups excluding carboxylic acids is 2. The number of carbonyl (C=O) groups is 2. The molecule has 0 aromatic carbocycles. The Balaban J connectivity index is 1.95. The Morgan fingerprint density at radius 1 is 1.20 bits per heavy atom. The topological polar surface area (TPSA) is 81.1 Å². The second kappa shape index (κ2) is 7.04. The first-order valence-corrected chi connectivity index (χ1v) is 7.47. The average Bonchev–Trinajstić information content (AvgIpc) is 3.06. The number of aliphatic hydroxyl groups is 2. The summed E-state index contributed by atoms with van der Waals surface area (Å²) in [6.07, 6.45) is 4.68. The van der Waals surface area contributed by atoms with Gasteiger partial charge in [-0.3, -0.25) is 9.59 Å². The van der Waals surface area contributed by atoms with E-state index in [2.05, 4.69) is 0 Å². The molecule has 0 spiro atoms. The molecule has 2 rings (SSSR count). The predicted octanol–water partition coefficient (Wildman–Crippen LogP) is -0.409. The fraction of sp³-hybridized carbons (Fsp3) is 0.857. The summed E-state index contributed by atoms with van der Waals surface area (Å²) in [7, 11) is 0. The lowest BCUT2D eigenvalue weighted by Gasteiger charge is -2.26. The number of hydrogen-bond acceptors (Lipinski definition) is 4. The minimum atomic E-state index is -0.318. The van der Waals surface area contributed by atoms with Crippen LogP contribution in [-0.2, 0) is 9.59 Å². The third-order valence-corrected chi connectivity index (χ3v) is 4.32. The maximum Gasteiger partial charge on any atom is 0.228 e. The van der Waals surface area contributed by atoms with E-state index in [1.54, 1.807) is 0 Å². The van der Waals surface area contributed by atoms with Crippen LogP contribution < -0.4 is 0 Å². The molecule has 2 N–H and O–H groups in total. The summed E-state index contributed by atoms with van der Waals surface area (Å²) in [6, 6.07) is 0.310. The highest BCUT2D eigenvalue weighted by Crippen LogP contribution is 2.30. The summed E-state index contributed by atoms with van der Waals surface area (Å²) in [5, 5.41) is 18.0. The minimum absolute atomic E-state index is 0.0724. The van der Waals surface area contributed by atoms with Gasteiger partial charge < -0.3 is 20.0 Å². The maximum atomic E-state index is 12.4. The van der Waals surface area contributed by atoms with Crippen molar-refractivity contribution in [3.8, 4) is 0 Å². The average molecular weight is 284 g/mol. The van der Waals surface area contributed by atoms with Crippen LogP contribution in [0.4, 0.5) is 0 Å². The Morgan fingerprint density at radius 2 is 1.80 bits per heavy atom. The Morgan fingerprint density at radius 3 is 2.35 bits per heavy atom. The van der Waals surface area contributed by atoms with Crippen LogP contribution in [0.5, 0.6) is 0 Å². The number of likely N-dealkylation sites (tertiary alicyclic amines) is 1.